The molecule has 0 heterocycles. The van der Waals surface area contributed by atoms with E-state index in [2.05, 4.69) is 5.32 Å². The van der Waals surface area contributed by atoms with Gasteiger partial charge in [0, 0.05) is 12.1 Å². The van der Waals surface area contributed by atoms with E-state index in [1.165, 1.54) is 6.07 Å². The minimum Gasteiger partial charge on any atom is -0.345 e. The zero-order chi connectivity index (χ0) is 17.0. The normalized spacial score (nSPS) is 12.0. The zero-order valence-corrected chi connectivity index (χ0v) is 13.8. The van der Waals surface area contributed by atoms with Crippen LogP contribution in [0.25, 0.3) is 0 Å². The van der Waals surface area contributed by atoms with E-state index in [-0.39, 0.29) is 17.8 Å². The summed E-state index contributed by atoms with van der Waals surface area (Å²) < 4.78 is 38.1. The van der Waals surface area contributed by atoms with Crippen LogP contribution in [-0.2, 0) is 10.0 Å². The van der Waals surface area contributed by atoms with Gasteiger partial charge in [0.1, 0.15) is 5.82 Å². The summed E-state index contributed by atoms with van der Waals surface area (Å²) in [6, 6.07) is 3.51. The maximum atomic E-state index is 13.6. The largest absolute Gasteiger partial charge is 0.345 e. The van der Waals surface area contributed by atoms with Gasteiger partial charge in [0.05, 0.1) is 17.5 Å². The molecule has 0 saturated carbocycles. The molecule has 22 heavy (non-hydrogen) atoms. The fourth-order valence-corrected chi connectivity index (χ4v) is 2.58. The number of nitrogens with two attached hydrogens (primary N) is 1. The van der Waals surface area contributed by atoms with Crippen molar-refractivity contribution < 1.29 is 17.6 Å². The number of rotatable bonds is 7. The predicted molar refractivity (Wildman–Crippen MR) is 84.7 cm³/mol. The van der Waals surface area contributed by atoms with Crippen molar-refractivity contribution in [2.24, 2.45) is 5.73 Å². The third kappa shape index (κ3) is 4.67. The zero-order valence-electron chi connectivity index (χ0n) is 12.9. The van der Waals surface area contributed by atoms with Crippen LogP contribution in [0, 0.1) is 5.82 Å². The molecule has 0 aliphatic rings. The van der Waals surface area contributed by atoms with Gasteiger partial charge in [0.15, 0.2) is 0 Å². The monoisotopic (exact) mass is 331 g/mol. The number of amides is 1. The number of sulfonamides is 1. The standard InChI is InChI=1S/C14H22FN3O3S/c1-4-14(5-2,9-16)17-13(19)10-6-7-11(15)12(8-10)18-22(3,20)21/h6-8,18H,4-5,9,16H2,1-3H3,(H,17,19). The van der Waals surface area contributed by atoms with E-state index in [9.17, 15) is 17.6 Å². The summed E-state index contributed by atoms with van der Waals surface area (Å²) in [5, 5.41) is 2.84. The first-order valence-corrected chi connectivity index (χ1v) is 8.85. The first-order valence-electron chi connectivity index (χ1n) is 6.96. The van der Waals surface area contributed by atoms with Gasteiger partial charge in [0.2, 0.25) is 10.0 Å². The fraction of sp³-hybridized carbons (Fsp3) is 0.500. The van der Waals surface area contributed by atoms with Crippen LogP contribution in [0.15, 0.2) is 18.2 Å². The summed E-state index contributed by atoms with van der Waals surface area (Å²) in [5.41, 5.74) is 5.09. The number of carbonyl (C=O) groups excluding carboxylic acids is 1. The SMILES string of the molecule is CCC(CC)(CN)NC(=O)c1ccc(F)c(NS(C)(=O)=O)c1. The Balaban J connectivity index is 3.07. The van der Waals surface area contributed by atoms with Crippen molar-refractivity contribution >= 4 is 21.6 Å². The van der Waals surface area contributed by atoms with Gasteiger partial charge in [-0.3, -0.25) is 9.52 Å². The van der Waals surface area contributed by atoms with Crippen molar-refractivity contribution in [2.75, 3.05) is 17.5 Å². The number of hydrogen-bond donors (Lipinski definition) is 3. The Kier molecular flexibility index (Phi) is 5.90. The topological polar surface area (TPSA) is 101 Å². The Morgan fingerprint density at radius 3 is 2.36 bits per heavy atom. The predicted octanol–water partition coefficient (Wildman–Crippen LogP) is 1.44. The maximum absolute atomic E-state index is 13.6. The number of halogens is 1. The highest BCUT2D eigenvalue weighted by molar-refractivity contribution is 7.92. The van der Waals surface area contributed by atoms with Gasteiger partial charge in [-0.25, -0.2) is 12.8 Å². The van der Waals surface area contributed by atoms with E-state index in [0.717, 1.165) is 18.4 Å². The molecule has 1 amide bonds. The molecule has 0 bridgehead atoms. The van der Waals surface area contributed by atoms with E-state index in [4.69, 9.17) is 5.73 Å². The first kappa shape index (κ1) is 18.4. The summed E-state index contributed by atoms with van der Waals surface area (Å²) in [6.45, 7) is 4.11. The Morgan fingerprint density at radius 2 is 1.91 bits per heavy atom. The van der Waals surface area contributed by atoms with Gasteiger partial charge >= 0.3 is 0 Å². The second-order valence-corrected chi connectivity index (χ2v) is 6.96. The molecule has 0 aliphatic carbocycles. The third-order valence-corrected chi connectivity index (χ3v) is 4.24. The molecule has 0 atom stereocenters. The third-order valence-electron chi connectivity index (χ3n) is 3.65. The van der Waals surface area contributed by atoms with E-state index < -0.39 is 27.3 Å². The molecule has 1 aromatic carbocycles. The van der Waals surface area contributed by atoms with E-state index >= 15 is 0 Å². The highest BCUT2D eigenvalue weighted by Gasteiger charge is 2.27. The number of carbonyl (C=O) groups is 1. The summed E-state index contributed by atoms with van der Waals surface area (Å²) in [4.78, 5) is 12.3. The Hall–Kier alpha value is -1.67. The van der Waals surface area contributed by atoms with Gasteiger partial charge < -0.3 is 11.1 Å². The minimum atomic E-state index is -3.63. The number of benzene rings is 1. The number of nitrogens with one attached hydrogen (secondary N) is 2. The Labute approximate surface area is 130 Å². The van der Waals surface area contributed by atoms with Crippen LogP contribution in [0.3, 0.4) is 0 Å². The maximum Gasteiger partial charge on any atom is 0.251 e. The van der Waals surface area contributed by atoms with Crippen molar-refractivity contribution in [1.29, 1.82) is 0 Å². The van der Waals surface area contributed by atoms with E-state index in [1.807, 2.05) is 18.6 Å². The van der Waals surface area contributed by atoms with Crippen LogP contribution in [0.5, 0.6) is 0 Å². The second-order valence-electron chi connectivity index (χ2n) is 5.21. The molecule has 0 fully saturated rings. The molecule has 124 valence electrons. The molecule has 0 saturated heterocycles. The average molecular weight is 331 g/mol. The molecule has 0 aromatic heterocycles. The van der Waals surface area contributed by atoms with Crippen molar-refractivity contribution in [3.8, 4) is 0 Å². The summed E-state index contributed by atoms with van der Waals surface area (Å²) in [5.74, 6) is -1.18. The lowest BCUT2D eigenvalue weighted by Gasteiger charge is -2.31. The Morgan fingerprint density at radius 1 is 1.32 bits per heavy atom. The lowest BCUT2D eigenvalue weighted by atomic mass is 9.92. The fourth-order valence-electron chi connectivity index (χ4n) is 2.02. The minimum absolute atomic E-state index is 0.160. The first-order chi connectivity index (χ1) is 10.2. The van der Waals surface area contributed by atoms with Gasteiger partial charge in [-0.05, 0) is 31.0 Å². The van der Waals surface area contributed by atoms with Crippen LogP contribution in [0.2, 0.25) is 0 Å². The molecule has 1 aromatic rings. The molecule has 0 aliphatic heterocycles. The molecule has 4 N–H and O–H groups in total. The van der Waals surface area contributed by atoms with Gasteiger partial charge in [-0.2, -0.15) is 0 Å². The van der Waals surface area contributed by atoms with Gasteiger partial charge in [0.25, 0.3) is 5.91 Å². The molecular formula is C14H22FN3O3S. The lowest BCUT2D eigenvalue weighted by Crippen LogP contribution is -2.52. The number of anilines is 1. The second kappa shape index (κ2) is 7.06. The lowest BCUT2D eigenvalue weighted by molar-refractivity contribution is 0.0895. The van der Waals surface area contributed by atoms with Crippen LogP contribution in [0.1, 0.15) is 37.0 Å². The molecular weight excluding hydrogens is 309 g/mol. The molecule has 8 heteroatoms. The highest BCUT2D eigenvalue weighted by atomic mass is 32.2. The van der Waals surface area contributed by atoms with Crippen molar-refractivity contribution in [3.63, 3.8) is 0 Å². The quantitative estimate of drug-likeness (QED) is 0.704. The van der Waals surface area contributed by atoms with Crippen LogP contribution < -0.4 is 15.8 Å². The van der Waals surface area contributed by atoms with Gasteiger partial charge in [-0.1, -0.05) is 13.8 Å². The van der Waals surface area contributed by atoms with E-state index in [0.29, 0.717) is 12.8 Å². The van der Waals surface area contributed by atoms with Crippen molar-refractivity contribution in [3.05, 3.63) is 29.6 Å². The molecule has 0 radical (unpaired) electrons. The molecule has 1 rings (SSSR count). The van der Waals surface area contributed by atoms with E-state index in [1.54, 1.807) is 0 Å². The smallest absolute Gasteiger partial charge is 0.251 e. The van der Waals surface area contributed by atoms with Crippen molar-refractivity contribution in [1.82, 2.24) is 5.32 Å². The summed E-state index contributed by atoms with van der Waals surface area (Å²) in [7, 11) is -3.63. The summed E-state index contributed by atoms with van der Waals surface area (Å²) in [6.07, 6.45) is 2.22. The molecule has 0 unspecified atom stereocenters. The van der Waals surface area contributed by atoms with Crippen LogP contribution in [0.4, 0.5) is 10.1 Å². The average Bonchev–Trinajstić information content (AvgIpc) is 2.45. The van der Waals surface area contributed by atoms with Crippen LogP contribution in [-0.4, -0.2) is 32.7 Å². The number of hydrogen-bond acceptors (Lipinski definition) is 4. The van der Waals surface area contributed by atoms with Crippen molar-refractivity contribution in [2.45, 2.75) is 32.2 Å². The Bertz CT molecular complexity index is 634. The molecule has 6 nitrogen and oxygen atoms in total. The van der Waals surface area contributed by atoms with Gasteiger partial charge in [-0.15, -0.1) is 0 Å². The highest BCUT2D eigenvalue weighted by Crippen LogP contribution is 2.19. The van der Waals surface area contributed by atoms with Crippen LogP contribution >= 0.6 is 0 Å². The summed E-state index contributed by atoms with van der Waals surface area (Å²) >= 11 is 0. The molecule has 0 spiro atoms.